The van der Waals surface area contributed by atoms with E-state index in [9.17, 15) is 4.39 Å². The Bertz CT molecular complexity index is 437. The van der Waals surface area contributed by atoms with Crippen LogP contribution in [0.15, 0.2) is 24.3 Å². The predicted molar refractivity (Wildman–Crippen MR) is 83.9 cm³/mol. The molecule has 1 aliphatic heterocycles. The van der Waals surface area contributed by atoms with Gasteiger partial charge in [-0.2, -0.15) is 0 Å². The molecule has 1 N–H and O–H groups in total. The molecular weight excluding hydrogens is 267 g/mol. The molecule has 3 nitrogen and oxygen atoms in total. The number of rotatable bonds is 6. The summed E-state index contributed by atoms with van der Waals surface area (Å²) in [7, 11) is 3.77. The van der Waals surface area contributed by atoms with Crippen molar-refractivity contribution >= 4 is 0 Å². The maximum Gasteiger partial charge on any atom is 0.123 e. The van der Waals surface area contributed by atoms with Gasteiger partial charge in [-0.15, -0.1) is 0 Å². The number of hydrogen-bond donors (Lipinski definition) is 1. The molecular formula is C17H27FN2O. The van der Waals surface area contributed by atoms with Crippen molar-refractivity contribution in [2.45, 2.75) is 37.8 Å². The Morgan fingerprint density at radius 2 is 2.10 bits per heavy atom. The van der Waals surface area contributed by atoms with Gasteiger partial charge in [0.1, 0.15) is 5.82 Å². The molecule has 0 radical (unpaired) electrons. The quantitative estimate of drug-likeness (QED) is 0.873. The highest BCUT2D eigenvalue weighted by molar-refractivity contribution is 5.19. The van der Waals surface area contributed by atoms with E-state index in [1.807, 2.05) is 19.2 Å². The molecule has 118 valence electrons. The number of halogens is 1. The summed E-state index contributed by atoms with van der Waals surface area (Å²) in [6, 6.07) is 7.06. The second-order valence-corrected chi connectivity index (χ2v) is 6.22. The van der Waals surface area contributed by atoms with Crippen LogP contribution in [0.4, 0.5) is 4.39 Å². The van der Waals surface area contributed by atoms with Gasteiger partial charge in [0, 0.05) is 26.2 Å². The van der Waals surface area contributed by atoms with Crippen molar-refractivity contribution < 1.29 is 9.13 Å². The molecule has 0 aromatic heterocycles. The molecule has 2 atom stereocenters. The minimum atomic E-state index is -0.180. The van der Waals surface area contributed by atoms with Crippen molar-refractivity contribution in [1.29, 1.82) is 0 Å². The standard InChI is InChI=1S/C17H27FN2O/c1-17(21-3)10-4-11-20(13-17)12-9-16(19-2)14-5-7-15(18)8-6-14/h5-8,16,19H,4,9-13H2,1-3H3. The van der Waals surface area contributed by atoms with Crippen LogP contribution >= 0.6 is 0 Å². The highest BCUT2D eigenvalue weighted by Gasteiger charge is 2.30. The van der Waals surface area contributed by atoms with Gasteiger partial charge >= 0.3 is 0 Å². The first-order valence-corrected chi connectivity index (χ1v) is 7.76. The van der Waals surface area contributed by atoms with E-state index >= 15 is 0 Å². The lowest BCUT2D eigenvalue weighted by Gasteiger charge is -2.40. The first-order valence-electron chi connectivity index (χ1n) is 7.76. The zero-order chi connectivity index (χ0) is 15.3. The summed E-state index contributed by atoms with van der Waals surface area (Å²) in [5.74, 6) is -0.180. The van der Waals surface area contributed by atoms with E-state index in [0.717, 1.165) is 38.0 Å². The molecule has 0 bridgehead atoms. The van der Waals surface area contributed by atoms with Crippen LogP contribution in [-0.4, -0.2) is 44.3 Å². The number of benzene rings is 1. The zero-order valence-corrected chi connectivity index (χ0v) is 13.4. The minimum Gasteiger partial charge on any atom is -0.377 e. The van der Waals surface area contributed by atoms with Crippen molar-refractivity contribution in [3.8, 4) is 0 Å². The number of hydrogen-bond acceptors (Lipinski definition) is 3. The van der Waals surface area contributed by atoms with Gasteiger partial charge in [-0.25, -0.2) is 4.39 Å². The maximum atomic E-state index is 13.0. The molecule has 0 amide bonds. The van der Waals surface area contributed by atoms with E-state index in [0.29, 0.717) is 0 Å². The molecule has 0 aliphatic carbocycles. The van der Waals surface area contributed by atoms with Gasteiger partial charge in [0.25, 0.3) is 0 Å². The van der Waals surface area contributed by atoms with E-state index in [-0.39, 0.29) is 17.5 Å². The van der Waals surface area contributed by atoms with Crippen molar-refractivity contribution in [1.82, 2.24) is 10.2 Å². The summed E-state index contributed by atoms with van der Waals surface area (Å²) in [5, 5.41) is 3.33. The van der Waals surface area contributed by atoms with Crippen molar-refractivity contribution in [2.24, 2.45) is 0 Å². The van der Waals surface area contributed by atoms with Crippen LogP contribution in [0.5, 0.6) is 0 Å². The fraction of sp³-hybridized carbons (Fsp3) is 0.647. The van der Waals surface area contributed by atoms with E-state index < -0.39 is 0 Å². The highest BCUT2D eigenvalue weighted by Crippen LogP contribution is 2.25. The average Bonchev–Trinajstić information content (AvgIpc) is 2.50. The molecule has 1 aliphatic rings. The Kier molecular flexibility index (Phi) is 5.73. The normalized spacial score (nSPS) is 25.0. The lowest BCUT2D eigenvalue weighted by atomic mass is 9.94. The van der Waals surface area contributed by atoms with Gasteiger partial charge in [0.15, 0.2) is 0 Å². The van der Waals surface area contributed by atoms with Gasteiger partial charge < -0.3 is 15.0 Å². The fourth-order valence-electron chi connectivity index (χ4n) is 3.15. The smallest absolute Gasteiger partial charge is 0.123 e. The van der Waals surface area contributed by atoms with Gasteiger partial charge in [0.05, 0.1) is 5.60 Å². The number of ether oxygens (including phenoxy) is 1. The largest absolute Gasteiger partial charge is 0.377 e. The Labute approximate surface area is 127 Å². The molecule has 1 fully saturated rings. The average molecular weight is 294 g/mol. The Balaban J connectivity index is 1.89. The Morgan fingerprint density at radius 1 is 1.38 bits per heavy atom. The second-order valence-electron chi connectivity index (χ2n) is 6.22. The van der Waals surface area contributed by atoms with Gasteiger partial charge in [-0.1, -0.05) is 12.1 Å². The summed E-state index contributed by atoms with van der Waals surface area (Å²) in [5.41, 5.74) is 1.13. The number of methoxy groups -OCH3 is 1. The number of piperidine rings is 1. The third-order valence-corrected chi connectivity index (χ3v) is 4.59. The summed E-state index contributed by atoms with van der Waals surface area (Å²) in [6.45, 7) is 5.35. The number of nitrogens with one attached hydrogen (secondary N) is 1. The minimum absolute atomic E-state index is 0.0106. The monoisotopic (exact) mass is 294 g/mol. The number of likely N-dealkylation sites (tertiary alicyclic amines) is 1. The van der Waals surface area contributed by atoms with Crippen LogP contribution in [0.2, 0.25) is 0 Å². The van der Waals surface area contributed by atoms with Crippen LogP contribution in [0.3, 0.4) is 0 Å². The van der Waals surface area contributed by atoms with Crippen LogP contribution in [0, 0.1) is 5.82 Å². The highest BCUT2D eigenvalue weighted by atomic mass is 19.1. The molecule has 1 heterocycles. The molecule has 1 aromatic carbocycles. The molecule has 2 rings (SSSR count). The van der Waals surface area contributed by atoms with Crippen molar-refractivity contribution in [3.05, 3.63) is 35.6 Å². The lowest BCUT2D eigenvalue weighted by molar-refractivity contribution is -0.0511. The molecule has 1 saturated heterocycles. The van der Waals surface area contributed by atoms with Gasteiger partial charge in [0.2, 0.25) is 0 Å². The first-order chi connectivity index (χ1) is 10.1. The first kappa shape index (κ1) is 16.4. The van der Waals surface area contributed by atoms with E-state index in [1.165, 1.54) is 18.6 Å². The summed E-state index contributed by atoms with van der Waals surface area (Å²) < 4.78 is 18.7. The lowest BCUT2D eigenvalue weighted by Crippen LogP contribution is -2.47. The summed E-state index contributed by atoms with van der Waals surface area (Å²) in [6.07, 6.45) is 3.33. The predicted octanol–water partition coefficient (Wildman–Crippen LogP) is 2.98. The van der Waals surface area contributed by atoms with Crippen molar-refractivity contribution in [2.75, 3.05) is 33.8 Å². The van der Waals surface area contributed by atoms with E-state index in [1.54, 1.807) is 7.11 Å². The summed E-state index contributed by atoms with van der Waals surface area (Å²) >= 11 is 0. The molecule has 2 unspecified atom stereocenters. The molecule has 0 spiro atoms. The molecule has 1 aromatic rings. The zero-order valence-electron chi connectivity index (χ0n) is 13.4. The van der Waals surface area contributed by atoms with Crippen LogP contribution in [-0.2, 0) is 4.74 Å². The Morgan fingerprint density at radius 3 is 2.71 bits per heavy atom. The van der Waals surface area contributed by atoms with Gasteiger partial charge in [-0.3, -0.25) is 0 Å². The summed E-state index contributed by atoms with van der Waals surface area (Å²) in [4.78, 5) is 2.47. The second kappa shape index (κ2) is 7.34. The van der Waals surface area contributed by atoms with Crippen LogP contribution in [0.25, 0.3) is 0 Å². The third kappa shape index (κ3) is 4.50. The molecule has 0 saturated carbocycles. The van der Waals surface area contributed by atoms with E-state index in [2.05, 4.69) is 17.1 Å². The molecule has 4 heteroatoms. The van der Waals surface area contributed by atoms with Crippen LogP contribution in [0.1, 0.15) is 37.8 Å². The van der Waals surface area contributed by atoms with Crippen LogP contribution < -0.4 is 5.32 Å². The number of nitrogens with zero attached hydrogens (tertiary/aromatic N) is 1. The van der Waals surface area contributed by atoms with Gasteiger partial charge in [-0.05, 0) is 57.5 Å². The Hall–Kier alpha value is -0.970. The SMILES string of the molecule is CNC(CCN1CCCC(C)(OC)C1)c1ccc(F)cc1. The molecule has 21 heavy (non-hydrogen) atoms. The topological polar surface area (TPSA) is 24.5 Å². The third-order valence-electron chi connectivity index (χ3n) is 4.59. The maximum absolute atomic E-state index is 13.0. The van der Waals surface area contributed by atoms with Crippen molar-refractivity contribution in [3.63, 3.8) is 0 Å². The fourth-order valence-corrected chi connectivity index (χ4v) is 3.15. The van der Waals surface area contributed by atoms with E-state index in [4.69, 9.17) is 4.74 Å².